The zero-order valence-corrected chi connectivity index (χ0v) is 23.9. The molecule has 1 fully saturated rings. The lowest BCUT2D eigenvalue weighted by molar-refractivity contribution is 0.310. The molecule has 1 aromatic carbocycles. The van der Waals surface area contributed by atoms with Gasteiger partial charge in [-0.25, -0.2) is 28.1 Å². The third-order valence-electron chi connectivity index (χ3n) is 8.23. The van der Waals surface area contributed by atoms with Crippen molar-refractivity contribution in [1.29, 1.82) is 0 Å². The van der Waals surface area contributed by atoms with Gasteiger partial charge in [-0.15, -0.1) is 0 Å². The van der Waals surface area contributed by atoms with E-state index in [0.29, 0.717) is 31.8 Å². The van der Waals surface area contributed by atoms with Crippen LogP contribution in [0.4, 0.5) is 11.6 Å². The molecule has 11 heteroatoms. The van der Waals surface area contributed by atoms with Gasteiger partial charge in [0.2, 0.25) is 10.0 Å². The van der Waals surface area contributed by atoms with Gasteiger partial charge in [-0.1, -0.05) is 19.9 Å². The number of nitrogens with two attached hydrogens (primary N) is 1. The molecule has 6 rings (SSSR count). The normalized spacial score (nSPS) is 20.4. The number of nitrogens with zero attached hydrogens (tertiary/aromatic N) is 4. The molecule has 0 spiro atoms. The van der Waals surface area contributed by atoms with Crippen LogP contribution in [0.2, 0.25) is 0 Å². The number of fused-ring (bicyclic) bond motifs is 2. The highest BCUT2D eigenvalue weighted by molar-refractivity contribution is 7.89. The third-order valence-corrected chi connectivity index (χ3v) is 9.69. The summed E-state index contributed by atoms with van der Waals surface area (Å²) >= 11 is 0. The summed E-state index contributed by atoms with van der Waals surface area (Å²) < 4.78 is 35.1. The standard InChI is InChI=1S/C29H37N7O3S/c1-29(2)8-7-24-23(14-29)28(34-18-33-24)36-10-11-39-25-6-5-19(12-21(25)17-36)20-13-26(27(30)32-15-20)40(37,38)35-16-22-4-3-9-31-22/h5-6,12-13,15,18,22,31,35H,3-4,7-11,14,16-17H2,1-2H3,(H2,30,32). The Kier molecular flexibility index (Phi) is 7.14. The Bertz CT molecular complexity index is 1520. The second-order valence-corrected chi connectivity index (χ2v) is 13.5. The van der Waals surface area contributed by atoms with E-state index in [-0.39, 0.29) is 22.2 Å². The van der Waals surface area contributed by atoms with E-state index in [1.165, 1.54) is 5.56 Å². The van der Waals surface area contributed by atoms with Gasteiger partial charge in [0.1, 0.15) is 35.2 Å². The van der Waals surface area contributed by atoms with E-state index in [4.69, 9.17) is 15.5 Å². The average Bonchev–Trinajstić information content (AvgIpc) is 3.37. The summed E-state index contributed by atoms with van der Waals surface area (Å²) in [4.78, 5) is 15.8. The minimum absolute atomic E-state index is 0.00829. The van der Waals surface area contributed by atoms with Gasteiger partial charge in [0.25, 0.3) is 0 Å². The zero-order chi connectivity index (χ0) is 27.9. The van der Waals surface area contributed by atoms with Crippen LogP contribution in [0.25, 0.3) is 11.1 Å². The van der Waals surface area contributed by atoms with Crippen molar-refractivity contribution in [3.8, 4) is 16.9 Å². The number of sulfonamides is 1. The first kappa shape index (κ1) is 26.9. The van der Waals surface area contributed by atoms with E-state index >= 15 is 0 Å². The van der Waals surface area contributed by atoms with Crippen LogP contribution in [0.15, 0.2) is 41.7 Å². The molecule has 0 amide bonds. The molecule has 1 unspecified atom stereocenters. The molecule has 0 bridgehead atoms. The number of nitrogens with one attached hydrogen (secondary N) is 2. The largest absolute Gasteiger partial charge is 0.491 e. The van der Waals surface area contributed by atoms with E-state index in [0.717, 1.165) is 67.0 Å². The van der Waals surface area contributed by atoms with Crippen molar-refractivity contribution in [1.82, 2.24) is 25.0 Å². The number of aryl methyl sites for hydroxylation is 1. The first-order chi connectivity index (χ1) is 19.2. The number of pyridine rings is 1. The molecule has 40 heavy (non-hydrogen) atoms. The Balaban J connectivity index is 1.28. The summed E-state index contributed by atoms with van der Waals surface area (Å²) in [6.45, 7) is 7.70. The van der Waals surface area contributed by atoms with Crippen molar-refractivity contribution >= 4 is 21.7 Å². The summed E-state index contributed by atoms with van der Waals surface area (Å²) in [6.07, 6.45) is 8.31. The van der Waals surface area contributed by atoms with Crippen LogP contribution in [-0.4, -0.2) is 55.7 Å². The van der Waals surface area contributed by atoms with Gasteiger partial charge in [0.15, 0.2) is 0 Å². The van der Waals surface area contributed by atoms with E-state index in [1.807, 2.05) is 18.2 Å². The lowest BCUT2D eigenvalue weighted by Gasteiger charge is -2.33. The SMILES string of the molecule is CC1(C)CCc2ncnc(N3CCOc4ccc(-c5cnc(N)c(S(=O)(=O)NCC6CCCN6)c5)cc4C3)c2C1. The van der Waals surface area contributed by atoms with Crippen molar-refractivity contribution in [3.05, 3.63) is 53.6 Å². The summed E-state index contributed by atoms with van der Waals surface area (Å²) in [7, 11) is -3.82. The number of ether oxygens (including phenoxy) is 1. The first-order valence-corrected chi connectivity index (χ1v) is 15.5. The molecule has 10 nitrogen and oxygen atoms in total. The molecular formula is C29H37N7O3S. The number of nitrogen functional groups attached to an aromatic ring is 1. The van der Waals surface area contributed by atoms with Gasteiger partial charge in [0.05, 0.1) is 6.54 Å². The number of benzene rings is 1. The lowest BCUT2D eigenvalue weighted by atomic mass is 9.76. The summed E-state index contributed by atoms with van der Waals surface area (Å²) in [5, 5.41) is 3.30. The van der Waals surface area contributed by atoms with Gasteiger partial charge in [0, 0.05) is 47.7 Å². The monoisotopic (exact) mass is 563 g/mol. The molecule has 0 saturated carbocycles. The van der Waals surface area contributed by atoms with Gasteiger partial charge < -0.3 is 20.7 Å². The van der Waals surface area contributed by atoms with E-state index in [2.05, 4.69) is 38.8 Å². The summed E-state index contributed by atoms with van der Waals surface area (Å²) in [5.74, 6) is 1.78. The van der Waals surface area contributed by atoms with Crippen LogP contribution in [0.5, 0.6) is 5.75 Å². The molecule has 1 aliphatic carbocycles. The fourth-order valence-corrected chi connectivity index (χ4v) is 7.12. The predicted octanol–water partition coefficient (Wildman–Crippen LogP) is 3.07. The average molecular weight is 564 g/mol. The second kappa shape index (κ2) is 10.6. The van der Waals surface area contributed by atoms with Crippen molar-refractivity contribution in [2.45, 2.75) is 63.4 Å². The van der Waals surface area contributed by atoms with Crippen molar-refractivity contribution in [3.63, 3.8) is 0 Å². The highest BCUT2D eigenvalue weighted by atomic mass is 32.2. The van der Waals surface area contributed by atoms with Gasteiger partial charge in [-0.2, -0.15) is 0 Å². The second-order valence-electron chi connectivity index (χ2n) is 11.8. The maximum atomic E-state index is 13.1. The Morgan fingerprint density at radius 2 is 2.08 bits per heavy atom. The maximum Gasteiger partial charge on any atom is 0.244 e. The number of aromatic nitrogens is 3. The zero-order valence-electron chi connectivity index (χ0n) is 23.1. The van der Waals surface area contributed by atoms with E-state index < -0.39 is 10.0 Å². The molecule has 2 aliphatic heterocycles. The Morgan fingerprint density at radius 3 is 2.90 bits per heavy atom. The highest BCUT2D eigenvalue weighted by Crippen LogP contribution is 2.39. The number of rotatable bonds is 6. The van der Waals surface area contributed by atoms with Gasteiger partial charge in [-0.05, 0) is 67.8 Å². The quantitative estimate of drug-likeness (QED) is 0.413. The Hall–Kier alpha value is -3.28. The van der Waals surface area contributed by atoms with Gasteiger partial charge in [-0.3, -0.25) is 0 Å². The molecule has 212 valence electrons. The first-order valence-electron chi connectivity index (χ1n) is 14.0. The number of hydrogen-bond donors (Lipinski definition) is 3. The summed E-state index contributed by atoms with van der Waals surface area (Å²) in [6, 6.07) is 7.66. The van der Waals surface area contributed by atoms with Gasteiger partial charge >= 0.3 is 0 Å². The van der Waals surface area contributed by atoms with E-state index in [1.54, 1.807) is 18.6 Å². The molecule has 3 aromatic rings. The third kappa shape index (κ3) is 5.50. The maximum absolute atomic E-state index is 13.1. The molecule has 3 aliphatic rings. The predicted molar refractivity (Wildman–Crippen MR) is 155 cm³/mol. The van der Waals surface area contributed by atoms with E-state index in [9.17, 15) is 8.42 Å². The topological polar surface area (TPSA) is 135 Å². The number of hydrogen-bond acceptors (Lipinski definition) is 9. The minimum atomic E-state index is -3.82. The molecule has 4 N–H and O–H groups in total. The minimum Gasteiger partial charge on any atom is -0.491 e. The van der Waals surface area contributed by atoms with Crippen LogP contribution in [0.1, 0.15) is 49.9 Å². The van der Waals surface area contributed by atoms with Crippen LogP contribution in [0, 0.1) is 5.41 Å². The fourth-order valence-electron chi connectivity index (χ4n) is 5.93. The van der Waals surface area contributed by atoms with Crippen molar-refractivity contribution < 1.29 is 13.2 Å². The molecule has 1 saturated heterocycles. The Morgan fingerprint density at radius 1 is 1.20 bits per heavy atom. The fraction of sp³-hybridized carbons (Fsp3) is 0.483. The molecule has 2 aromatic heterocycles. The highest BCUT2D eigenvalue weighted by Gasteiger charge is 2.31. The van der Waals surface area contributed by atoms with Crippen LogP contribution in [-0.2, 0) is 29.4 Å². The molecule has 1 atom stereocenters. The Labute approximate surface area is 235 Å². The smallest absolute Gasteiger partial charge is 0.244 e. The van der Waals surface area contributed by atoms with Crippen molar-refractivity contribution in [2.24, 2.45) is 5.41 Å². The van der Waals surface area contributed by atoms with Crippen LogP contribution >= 0.6 is 0 Å². The molecule has 0 radical (unpaired) electrons. The number of anilines is 2. The van der Waals surface area contributed by atoms with Crippen LogP contribution in [0.3, 0.4) is 0 Å². The summed E-state index contributed by atoms with van der Waals surface area (Å²) in [5.41, 5.74) is 11.1. The van der Waals surface area contributed by atoms with Crippen molar-refractivity contribution in [2.75, 3.05) is 36.9 Å². The van der Waals surface area contributed by atoms with Crippen LogP contribution < -0.4 is 25.4 Å². The molecule has 4 heterocycles. The molecular weight excluding hydrogens is 526 g/mol. The lowest BCUT2D eigenvalue weighted by Crippen LogP contribution is -2.37.